The van der Waals surface area contributed by atoms with Gasteiger partial charge in [-0.25, -0.2) is 0 Å². The van der Waals surface area contributed by atoms with Gasteiger partial charge in [0.1, 0.15) is 5.60 Å². The highest BCUT2D eigenvalue weighted by molar-refractivity contribution is 5.88. The van der Waals surface area contributed by atoms with Crippen molar-refractivity contribution in [2.24, 2.45) is 5.41 Å². The van der Waals surface area contributed by atoms with E-state index in [2.05, 4.69) is 0 Å². The van der Waals surface area contributed by atoms with E-state index in [-0.39, 0.29) is 17.4 Å². The van der Waals surface area contributed by atoms with Crippen LogP contribution in [0.4, 0.5) is 0 Å². The summed E-state index contributed by atoms with van der Waals surface area (Å²) >= 11 is 0. The molecule has 0 radical (unpaired) electrons. The molecule has 0 spiro atoms. The van der Waals surface area contributed by atoms with Gasteiger partial charge >= 0.3 is 0 Å². The molecule has 3 heteroatoms. The Labute approximate surface area is 79.7 Å². The second kappa shape index (κ2) is 2.71. The lowest BCUT2D eigenvalue weighted by atomic mass is 9.75. The Kier molecular flexibility index (Phi) is 2.19. The fourth-order valence-corrected chi connectivity index (χ4v) is 1.77. The van der Waals surface area contributed by atoms with Gasteiger partial charge in [0.25, 0.3) is 5.91 Å². The van der Waals surface area contributed by atoms with Gasteiger partial charge in [-0.2, -0.15) is 0 Å². The summed E-state index contributed by atoms with van der Waals surface area (Å²) in [6, 6.07) is 0.136. The van der Waals surface area contributed by atoms with Crippen LogP contribution in [-0.2, 0) is 4.79 Å². The fraction of sp³-hybridized carbons (Fsp3) is 0.900. The predicted octanol–water partition coefficient (Wildman–Crippen LogP) is 1.01. The molecule has 0 bridgehead atoms. The highest BCUT2D eigenvalue weighted by Gasteiger charge is 2.54. The van der Waals surface area contributed by atoms with Gasteiger partial charge in [-0.3, -0.25) is 4.79 Å². The number of carbonyl (C=O) groups excluding carboxylic acids is 1. The van der Waals surface area contributed by atoms with Crippen LogP contribution < -0.4 is 0 Å². The van der Waals surface area contributed by atoms with Crippen LogP contribution in [0.3, 0.4) is 0 Å². The van der Waals surface area contributed by atoms with Gasteiger partial charge < -0.3 is 10.0 Å². The molecule has 1 heterocycles. The minimum absolute atomic E-state index is 0.136. The first-order valence-electron chi connectivity index (χ1n) is 4.70. The van der Waals surface area contributed by atoms with Crippen molar-refractivity contribution in [1.82, 2.24) is 4.90 Å². The Hall–Kier alpha value is -0.570. The lowest BCUT2D eigenvalue weighted by Crippen LogP contribution is -2.49. The highest BCUT2D eigenvalue weighted by Crippen LogP contribution is 2.40. The Bertz CT molecular complexity index is 232. The third-order valence-electron chi connectivity index (χ3n) is 3.17. The Morgan fingerprint density at radius 3 is 2.15 bits per heavy atom. The molecule has 1 N–H and O–H groups in total. The van der Waals surface area contributed by atoms with Crippen LogP contribution in [0.15, 0.2) is 0 Å². The number of rotatable bonds is 0. The molecule has 2 atom stereocenters. The maximum Gasteiger partial charge on any atom is 0.255 e. The van der Waals surface area contributed by atoms with E-state index in [0.717, 1.165) is 0 Å². The van der Waals surface area contributed by atoms with Crippen LogP contribution in [0.25, 0.3) is 0 Å². The molecule has 0 aromatic carbocycles. The normalized spacial score (nSPS) is 35.7. The summed E-state index contributed by atoms with van der Waals surface area (Å²) in [4.78, 5) is 13.4. The summed E-state index contributed by atoms with van der Waals surface area (Å²) in [6.07, 6.45) is 0.534. The molecule has 0 saturated carbocycles. The first-order valence-corrected chi connectivity index (χ1v) is 4.70. The number of nitrogens with zero attached hydrogens (tertiary/aromatic N) is 1. The monoisotopic (exact) mass is 185 g/mol. The van der Waals surface area contributed by atoms with Gasteiger partial charge in [0.2, 0.25) is 0 Å². The van der Waals surface area contributed by atoms with Gasteiger partial charge in [-0.15, -0.1) is 0 Å². The number of hydrogen-bond donors (Lipinski definition) is 1. The van der Waals surface area contributed by atoms with E-state index < -0.39 is 5.60 Å². The van der Waals surface area contributed by atoms with Crippen molar-refractivity contribution >= 4 is 5.91 Å². The third kappa shape index (κ3) is 1.35. The Morgan fingerprint density at radius 2 is 2.00 bits per heavy atom. The van der Waals surface area contributed by atoms with Gasteiger partial charge in [-0.05, 0) is 12.3 Å². The van der Waals surface area contributed by atoms with Gasteiger partial charge in [0, 0.05) is 19.5 Å². The molecule has 1 rings (SSSR count). The summed E-state index contributed by atoms with van der Waals surface area (Å²) in [6.45, 7) is 7.66. The molecular formula is C10H19NO2. The van der Waals surface area contributed by atoms with Gasteiger partial charge in [0.15, 0.2) is 0 Å². The van der Waals surface area contributed by atoms with Crippen LogP contribution >= 0.6 is 0 Å². The molecule has 76 valence electrons. The van der Waals surface area contributed by atoms with E-state index in [1.807, 2.05) is 27.7 Å². The standard InChI is InChI=1S/C10H19NO2/c1-7-6-10(13,9(2,3)4)8(12)11(7)5/h7,13H,6H2,1-5H3. The number of likely N-dealkylation sites (N-methyl/N-ethyl adjacent to an activating group) is 1. The smallest absolute Gasteiger partial charge is 0.255 e. The number of aliphatic hydroxyl groups is 1. The molecule has 13 heavy (non-hydrogen) atoms. The van der Waals surface area contributed by atoms with E-state index in [1.165, 1.54) is 0 Å². The summed E-state index contributed by atoms with van der Waals surface area (Å²) in [5.41, 5.74) is -1.57. The van der Waals surface area contributed by atoms with Crippen molar-refractivity contribution in [2.75, 3.05) is 7.05 Å². The van der Waals surface area contributed by atoms with Crippen LogP contribution in [0, 0.1) is 5.41 Å². The molecule has 0 aliphatic carbocycles. The molecule has 2 unspecified atom stereocenters. The zero-order chi connectivity index (χ0) is 10.4. The quantitative estimate of drug-likeness (QED) is 0.612. The number of hydrogen-bond acceptors (Lipinski definition) is 2. The molecule has 0 aromatic rings. The third-order valence-corrected chi connectivity index (χ3v) is 3.17. The lowest BCUT2D eigenvalue weighted by Gasteiger charge is -2.34. The summed E-state index contributed by atoms with van der Waals surface area (Å²) in [7, 11) is 1.75. The fourth-order valence-electron chi connectivity index (χ4n) is 1.77. The second-order valence-corrected chi connectivity index (χ2v) is 5.08. The molecule has 1 aliphatic rings. The van der Waals surface area contributed by atoms with E-state index in [1.54, 1.807) is 11.9 Å². The largest absolute Gasteiger partial charge is 0.379 e. The highest BCUT2D eigenvalue weighted by atomic mass is 16.3. The van der Waals surface area contributed by atoms with Crippen molar-refractivity contribution in [3.63, 3.8) is 0 Å². The predicted molar refractivity (Wildman–Crippen MR) is 51.3 cm³/mol. The van der Waals surface area contributed by atoms with Crippen molar-refractivity contribution in [1.29, 1.82) is 0 Å². The van der Waals surface area contributed by atoms with Crippen LogP contribution in [0.2, 0.25) is 0 Å². The maximum atomic E-state index is 11.8. The first kappa shape index (κ1) is 10.5. The minimum atomic E-state index is -1.18. The molecule has 1 saturated heterocycles. The van der Waals surface area contributed by atoms with Crippen LogP contribution in [0.5, 0.6) is 0 Å². The van der Waals surface area contributed by atoms with E-state index >= 15 is 0 Å². The zero-order valence-corrected chi connectivity index (χ0v) is 9.09. The molecule has 1 aliphatic heterocycles. The number of amides is 1. The summed E-state index contributed by atoms with van der Waals surface area (Å²) < 4.78 is 0. The van der Waals surface area contributed by atoms with Crippen molar-refractivity contribution in [3.8, 4) is 0 Å². The molecule has 0 aromatic heterocycles. The topological polar surface area (TPSA) is 40.5 Å². The average Bonchev–Trinajstić information content (AvgIpc) is 2.15. The molecule has 1 amide bonds. The van der Waals surface area contributed by atoms with Gasteiger partial charge in [-0.1, -0.05) is 20.8 Å². The zero-order valence-electron chi connectivity index (χ0n) is 9.09. The molecule has 3 nitrogen and oxygen atoms in total. The molecule has 1 fully saturated rings. The van der Waals surface area contributed by atoms with Crippen LogP contribution in [-0.4, -0.2) is 34.6 Å². The maximum absolute atomic E-state index is 11.8. The number of likely N-dealkylation sites (tertiary alicyclic amines) is 1. The minimum Gasteiger partial charge on any atom is -0.379 e. The van der Waals surface area contributed by atoms with Crippen molar-refractivity contribution < 1.29 is 9.90 Å². The summed E-state index contributed by atoms with van der Waals surface area (Å²) in [5.74, 6) is -0.146. The summed E-state index contributed by atoms with van der Waals surface area (Å²) in [5, 5.41) is 10.2. The first-order chi connectivity index (χ1) is 5.70. The second-order valence-electron chi connectivity index (χ2n) is 5.08. The SMILES string of the molecule is CC1CC(O)(C(C)(C)C)C(=O)N1C. The molecular weight excluding hydrogens is 166 g/mol. The van der Waals surface area contributed by atoms with Crippen molar-refractivity contribution in [2.45, 2.75) is 45.8 Å². The Morgan fingerprint density at radius 1 is 1.54 bits per heavy atom. The van der Waals surface area contributed by atoms with Gasteiger partial charge in [0.05, 0.1) is 0 Å². The van der Waals surface area contributed by atoms with E-state index in [4.69, 9.17) is 0 Å². The van der Waals surface area contributed by atoms with E-state index in [0.29, 0.717) is 6.42 Å². The lowest BCUT2D eigenvalue weighted by molar-refractivity contribution is -0.152. The van der Waals surface area contributed by atoms with Crippen molar-refractivity contribution in [3.05, 3.63) is 0 Å². The Balaban J connectivity index is 3.02. The van der Waals surface area contributed by atoms with E-state index in [9.17, 15) is 9.90 Å². The number of carbonyl (C=O) groups is 1. The average molecular weight is 185 g/mol. The van der Waals surface area contributed by atoms with Crippen LogP contribution in [0.1, 0.15) is 34.1 Å².